The van der Waals surface area contributed by atoms with Crippen molar-refractivity contribution in [2.75, 3.05) is 7.11 Å². The fourth-order valence-electron chi connectivity index (χ4n) is 1.56. The maximum absolute atomic E-state index is 5.67. The van der Waals surface area contributed by atoms with Crippen LogP contribution >= 0.6 is 0 Å². The van der Waals surface area contributed by atoms with Crippen molar-refractivity contribution in [3.05, 3.63) is 29.8 Å². The van der Waals surface area contributed by atoms with Crippen LogP contribution in [0.4, 0.5) is 0 Å². The molecule has 0 radical (unpaired) electrons. The van der Waals surface area contributed by atoms with Crippen LogP contribution in [0.15, 0.2) is 24.3 Å². The number of hydrogen-bond donors (Lipinski definition) is 0. The van der Waals surface area contributed by atoms with Gasteiger partial charge in [-0.2, -0.15) is 0 Å². The van der Waals surface area contributed by atoms with Crippen LogP contribution in [0, 0.1) is 0 Å². The summed E-state index contributed by atoms with van der Waals surface area (Å²) in [5, 5.41) is 0. The molecule has 0 bridgehead atoms. The van der Waals surface area contributed by atoms with Gasteiger partial charge in [0.25, 0.3) is 0 Å². The van der Waals surface area contributed by atoms with Crippen molar-refractivity contribution < 1.29 is 14.2 Å². The molecule has 1 aliphatic heterocycles. The molecule has 1 fully saturated rings. The van der Waals surface area contributed by atoms with Gasteiger partial charge < -0.3 is 14.2 Å². The van der Waals surface area contributed by atoms with E-state index in [0.29, 0.717) is 0 Å². The van der Waals surface area contributed by atoms with Crippen molar-refractivity contribution in [2.45, 2.75) is 32.3 Å². The van der Waals surface area contributed by atoms with Gasteiger partial charge in [0.15, 0.2) is 6.29 Å². The summed E-state index contributed by atoms with van der Waals surface area (Å²) in [5.41, 5.74) is 1.03. The summed E-state index contributed by atoms with van der Waals surface area (Å²) in [6.07, 6.45) is 0.0649. The second-order valence-electron chi connectivity index (χ2n) is 3.79. The lowest BCUT2D eigenvalue weighted by Gasteiger charge is -2.10. The largest absolute Gasteiger partial charge is 0.497 e. The first kappa shape index (κ1) is 10.5. The van der Waals surface area contributed by atoms with E-state index in [2.05, 4.69) is 0 Å². The topological polar surface area (TPSA) is 27.7 Å². The molecule has 0 N–H and O–H groups in total. The average molecular weight is 208 g/mol. The van der Waals surface area contributed by atoms with E-state index < -0.39 is 0 Å². The Morgan fingerprint density at radius 3 is 2.00 bits per heavy atom. The molecular formula is C12H16O3. The third kappa shape index (κ3) is 2.13. The van der Waals surface area contributed by atoms with Gasteiger partial charge in [-0.15, -0.1) is 0 Å². The Morgan fingerprint density at radius 2 is 1.53 bits per heavy atom. The normalized spacial score (nSPS) is 30.5. The van der Waals surface area contributed by atoms with Crippen molar-refractivity contribution in [1.82, 2.24) is 0 Å². The molecule has 1 heterocycles. The fourth-order valence-corrected chi connectivity index (χ4v) is 1.56. The zero-order valence-electron chi connectivity index (χ0n) is 9.27. The molecule has 15 heavy (non-hydrogen) atoms. The summed E-state index contributed by atoms with van der Waals surface area (Å²) >= 11 is 0. The molecule has 1 unspecified atom stereocenters. The summed E-state index contributed by atoms with van der Waals surface area (Å²) in [5.74, 6) is 0.845. The molecule has 3 atom stereocenters. The van der Waals surface area contributed by atoms with Crippen LogP contribution in [0.2, 0.25) is 0 Å². The van der Waals surface area contributed by atoms with E-state index in [1.54, 1.807) is 7.11 Å². The molecule has 82 valence electrons. The van der Waals surface area contributed by atoms with Gasteiger partial charge in [0, 0.05) is 5.56 Å². The van der Waals surface area contributed by atoms with Crippen molar-refractivity contribution >= 4 is 0 Å². The summed E-state index contributed by atoms with van der Waals surface area (Å²) in [6, 6.07) is 7.76. The minimum Gasteiger partial charge on any atom is -0.497 e. The Balaban J connectivity index is 2.10. The molecule has 1 aromatic carbocycles. The lowest BCUT2D eigenvalue weighted by molar-refractivity contribution is -0.0652. The smallest absolute Gasteiger partial charge is 0.184 e. The highest BCUT2D eigenvalue weighted by Gasteiger charge is 2.30. The Bertz CT molecular complexity index is 310. The zero-order valence-corrected chi connectivity index (χ0v) is 9.27. The molecule has 2 rings (SSSR count). The monoisotopic (exact) mass is 208 g/mol. The Kier molecular flexibility index (Phi) is 2.93. The van der Waals surface area contributed by atoms with Gasteiger partial charge in [0.2, 0.25) is 0 Å². The maximum Gasteiger partial charge on any atom is 0.184 e. The highest BCUT2D eigenvalue weighted by atomic mass is 16.7. The molecule has 0 aromatic heterocycles. The van der Waals surface area contributed by atoms with Crippen molar-refractivity contribution in [3.63, 3.8) is 0 Å². The van der Waals surface area contributed by atoms with Gasteiger partial charge in [-0.25, -0.2) is 0 Å². The van der Waals surface area contributed by atoms with E-state index in [1.807, 2.05) is 38.1 Å². The Hall–Kier alpha value is -1.06. The molecule has 1 saturated heterocycles. The second-order valence-corrected chi connectivity index (χ2v) is 3.79. The van der Waals surface area contributed by atoms with Gasteiger partial charge in [0.1, 0.15) is 5.75 Å². The number of methoxy groups -OCH3 is 1. The van der Waals surface area contributed by atoms with Crippen LogP contribution < -0.4 is 4.74 Å². The number of ether oxygens (including phenoxy) is 3. The van der Waals surface area contributed by atoms with Crippen LogP contribution in [0.1, 0.15) is 25.7 Å². The van der Waals surface area contributed by atoms with Crippen LogP contribution in [0.25, 0.3) is 0 Å². The van der Waals surface area contributed by atoms with Gasteiger partial charge >= 0.3 is 0 Å². The number of hydrogen-bond acceptors (Lipinski definition) is 3. The molecule has 3 nitrogen and oxygen atoms in total. The SMILES string of the molecule is COc1ccc(C2O[C@@H](C)[C@@H](C)O2)cc1. The first-order chi connectivity index (χ1) is 7.20. The van der Waals surface area contributed by atoms with E-state index in [-0.39, 0.29) is 18.5 Å². The number of benzene rings is 1. The predicted octanol–water partition coefficient (Wildman–Crippen LogP) is 2.52. The van der Waals surface area contributed by atoms with Crippen molar-refractivity contribution in [3.8, 4) is 5.75 Å². The molecule has 3 heteroatoms. The average Bonchev–Trinajstić information content (AvgIpc) is 2.59. The quantitative estimate of drug-likeness (QED) is 0.747. The van der Waals surface area contributed by atoms with Crippen LogP contribution in [0.3, 0.4) is 0 Å². The number of rotatable bonds is 2. The fraction of sp³-hybridized carbons (Fsp3) is 0.500. The summed E-state index contributed by atoms with van der Waals surface area (Å²) < 4.78 is 16.4. The zero-order chi connectivity index (χ0) is 10.8. The minimum absolute atomic E-state index is 0.150. The molecule has 0 amide bonds. The van der Waals surface area contributed by atoms with Crippen LogP contribution in [0.5, 0.6) is 5.75 Å². The predicted molar refractivity (Wildman–Crippen MR) is 56.8 cm³/mol. The molecule has 1 aliphatic rings. The van der Waals surface area contributed by atoms with E-state index in [4.69, 9.17) is 14.2 Å². The molecule has 1 aromatic rings. The van der Waals surface area contributed by atoms with E-state index in [9.17, 15) is 0 Å². The summed E-state index contributed by atoms with van der Waals surface area (Å²) in [7, 11) is 1.65. The first-order valence-corrected chi connectivity index (χ1v) is 5.15. The van der Waals surface area contributed by atoms with Gasteiger partial charge in [-0.3, -0.25) is 0 Å². The van der Waals surface area contributed by atoms with Crippen LogP contribution in [-0.4, -0.2) is 19.3 Å². The molecular weight excluding hydrogens is 192 g/mol. The molecule has 0 saturated carbocycles. The first-order valence-electron chi connectivity index (χ1n) is 5.15. The van der Waals surface area contributed by atoms with Crippen molar-refractivity contribution in [2.24, 2.45) is 0 Å². The Morgan fingerprint density at radius 1 is 1.00 bits per heavy atom. The maximum atomic E-state index is 5.67. The van der Waals surface area contributed by atoms with Crippen LogP contribution in [-0.2, 0) is 9.47 Å². The highest BCUT2D eigenvalue weighted by Crippen LogP contribution is 2.31. The summed E-state index contributed by atoms with van der Waals surface area (Å²) in [4.78, 5) is 0. The Labute approximate surface area is 90.0 Å². The molecule has 0 aliphatic carbocycles. The minimum atomic E-state index is -0.235. The standard InChI is InChI=1S/C12H16O3/c1-8-9(2)15-12(14-8)10-4-6-11(13-3)7-5-10/h4-9,12H,1-3H3/t8-,9+,12?. The van der Waals surface area contributed by atoms with E-state index >= 15 is 0 Å². The van der Waals surface area contributed by atoms with Gasteiger partial charge in [-0.1, -0.05) is 12.1 Å². The highest BCUT2D eigenvalue weighted by molar-refractivity contribution is 5.28. The van der Waals surface area contributed by atoms with E-state index in [1.165, 1.54) is 0 Å². The second kappa shape index (κ2) is 4.21. The van der Waals surface area contributed by atoms with E-state index in [0.717, 1.165) is 11.3 Å². The summed E-state index contributed by atoms with van der Waals surface area (Å²) in [6.45, 7) is 4.04. The lowest BCUT2D eigenvalue weighted by Crippen LogP contribution is -2.13. The van der Waals surface area contributed by atoms with Crippen molar-refractivity contribution in [1.29, 1.82) is 0 Å². The molecule has 0 spiro atoms. The van der Waals surface area contributed by atoms with Gasteiger partial charge in [-0.05, 0) is 26.0 Å². The van der Waals surface area contributed by atoms with Gasteiger partial charge in [0.05, 0.1) is 19.3 Å². The lowest BCUT2D eigenvalue weighted by atomic mass is 10.2. The third-order valence-corrected chi connectivity index (χ3v) is 2.73. The third-order valence-electron chi connectivity index (χ3n) is 2.73.